The van der Waals surface area contributed by atoms with Gasteiger partial charge in [-0.3, -0.25) is 14.5 Å². The third-order valence-electron chi connectivity index (χ3n) is 5.81. The van der Waals surface area contributed by atoms with Crippen LogP contribution in [0.1, 0.15) is 28.3 Å². The van der Waals surface area contributed by atoms with E-state index in [1.54, 1.807) is 55.6 Å². The molecule has 3 aromatic rings. The summed E-state index contributed by atoms with van der Waals surface area (Å²) >= 11 is 6.10. The highest BCUT2D eigenvalue weighted by Crippen LogP contribution is 2.43. The number of nitrogens with zero attached hydrogens (tertiary/aromatic N) is 1. The molecule has 1 fully saturated rings. The molecule has 0 aliphatic carbocycles. The number of hydrogen-bond donors (Lipinski definition) is 1. The van der Waals surface area contributed by atoms with Crippen molar-refractivity contribution < 1.29 is 19.4 Å². The van der Waals surface area contributed by atoms with Crippen molar-refractivity contribution in [2.75, 3.05) is 12.0 Å². The molecule has 3 aromatic carbocycles. The second kappa shape index (κ2) is 8.52. The van der Waals surface area contributed by atoms with Crippen LogP contribution in [-0.4, -0.2) is 23.9 Å². The zero-order valence-corrected chi connectivity index (χ0v) is 18.7. The van der Waals surface area contributed by atoms with E-state index in [-0.39, 0.29) is 11.3 Å². The zero-order valence-electron chi connectivity index (χ0n) is 17.9. The van der Waals surface area contributed by atoms with E-state index >= 15 is 0 Å². The van der Waals surface area contributed by atoms with Crippen LogP contribution in [-0.2, 0) is 9.59 Å². The SMILES string of the molecule is COc1ccc(C2/C(=C(\O)c3cccc(Cl)c3)C(=O)C(=O)N2c2cccc(C)c2C)cc1. The Balaban J connectivity index is 1.98. The number of halogens is 1. The molecule has 0 saturated carbocycles. The fourth-order valence-corrected chi connectivity index (χ4v) is 4.16. The molecule has 1 N–H and O–H groups in total. The van der Waals surface area contributed by atoms with Crippen LogP contribution in [0.4, 0.5) is 5.69 Å². The van der Waals surface area contributed by atoms with Crippen LogP contribution < -0.4 is 9.64 Å². The maximum Gasteiger partial charge on any atom is 0.300 e. The lowest BCUT2D eigenvalue weighted by Gasteiger charge is -2.27. The molecule has 32 heavy (non-hydrogen) atoms. The molecule has 5 nitrogen and oxygen atoms in total. The van der Waals surface area contributed by atoms with Crippen molar-refractivity contribution in [2.45, 2.75) is 19.9 Å². The summed E-state index contributed by atoms with van der Waals surface area (Å²) in [6, 6.07) is 18.5. The molecule has 1 aliphatic rings. The van der Waals surface area contributed by atoms with E-state index in [1.807, 2.05) is 32.0 Å². The standard InChI is InChI=1S/C26H22ClNO4/c1-15-6-4-9-21(16(15)2)28-23(17-10-12-20(32-3)13-11-17)22(25(30)26(28)31)24(29)18-7-5-8-19(27)14-18/h4-14,23,29H,1-3H3/b24-22+. The van der Waals surface area contributed by atoms with Crippen molar-refractivity contribution in [1.82, 2.24) is 0 Å². The first kappa shape index (κ1) is 21.7. The van der Waals surface area contributed by atoms with Gasteiger partial charge < -0.3 is 9.84 Å². The fraction of sp³-hybridized carbons (Fsp3) is 0.154. The van der Waals surface area contributed by atoms with E-state index in [0.29, 0.717) is 27.6 Å². The summed E-state index contributed by atoms with van der Waals surface area (Å²) in [4.78, 5) is 28.0. The van der Waals surface area contributed by atoms with Gasteiger partial charge in [0.15, 0.2) is 0 Å². The number of hydrogen-bond acceptors (Lipinski definition) is 4. The minimum Gasteiger partial charge on any atom is -0.507 e. The van der Waals surface area contributed by atoms with Gasteiger partial charge in [-0.05, 0) is 60.9 Å². The van der Waals surface area contributed by atoms with Crippen molar-refractivity contribution in [3.05, 3.63) is 99.6 Å². The molecule has 1 aliphatic heterocycles. The molecule has 1 atom stereocenters. The average molecular weight is 448 g/mol. The van der Waals surface area contributed by atoms with Gasteiger partial charge in [0.1, 0.15) is 11.5 Å². The second-order valence-corrected chi connectivity index (χ2v) is 8.11. The maximum absolute atomic E-state index is 13.3. The zero-order chi connectivity index (χ0) is 23.0. The third-order valence-corrected chi connectivity index (χ3v) is 6.04. The van der Waals surface area contributed by atoms with Gasteiger partial charge in [-0.25, -0.2) is 0 Å². The number of anilines is 1. The summed E-state index contributed by atoms with van der Waals surface area (Å²) in [6.07, 6.45) is 0. The predicted molar refractivity (Wildman–Crippen MR) is 125 cm³/mol. The van der Waals surface area contributed by atoms with Gasteiger partial charge in [0.2, 0.25) is 0 Å². The van der Waals surface area contributed by atoms with E-state index in [1.165, 1.54) is 4.90 Å². The first-order valence-corrected chi connectivity index (χ1v) is 10.5. The van der Waals surface area contributed by atoms with Gasteiger partial charge in [-0.15, -0.1) is 0 Å². The third kappa shape index (κ3) is 3.65. The van der Waals surface area contributed by atoms with Crippen LogP contribution in [0.25, 0.3) is 5.76 Å². The molecule has 0 aromatic heterocycles. The highest BCUT2D eigenvalue weighted by molar-refractivity contribution is 6.51. The number of carbonyl (C=O) groups excluding carboxylic acids is 2. The number of ketones is 1. The van der Waals surface area contributed by atoms with Crippen molar-refractivity contribution in [3.63, 3.8) is 0 Å². The van der Waals surface area contributed by atoms with Crippen LogP contribution >= 0.6 is 11.6 Å². The van der Waals surface area contributed by atoms with E-state index in [2.05, 4.69) is 0 Å². The monoisotopic (exact) mass is 447 g/mol. The minimum atomic E-state index is -0.805. The minimum absolute atomic E-state index is 0.0170. The van der Waals surface area contributed by atoms with Crippen molar-refractivity contribution in [1.29, 1.82) is 0 Å². The van der Waals surface area contributed by atoms with Crippen LogP contribution in [0.15, 0.2) is 72.3 Å². The summed E-state index contributed by atoms with van der Waals surface area (Å²) in [5.41, 5.74) is 3.56. The lowest BCUT2D eigenvalue weighted by atomic mass is 9.94. The molecule has 1 unspecified atom stereocenters. The molecule has 4 rings (SSSR count). The lowest BCUT2D eigenvalue weighted by molar-refractivity contribution is -0.132. The normalized spacial score (nSPS) is 17.6. The van der Waals surface area contributed by atoms with Crippen molar-refractivity contribution in [3.8, 4) is 5.75 Å². The Morgan fingerprint density at radius 2 is 1.69 bits per heavy atom. The molecule has 1 amide bonds. The predicted octanol–water partition coefficient (Wildman–Crippen LogP) is 5.59. The van der Waals surface area contributed by atoms with Crippen LogP contribution in [0, 0.1) is 13.8 Å². The molecule has 162 valence electrons. The number of aryl methyl sites for hydroxylation is 1. The largest absolute Gasteiger partial charge is 0.507 e. The second-order valence-electron chi connectivity index (χ2n) is 7.67. The van der Waals surface area contributed by atoms with Crippen LogP contribution in [0.2, 0.25) is 5.02 Å². The maximum atomic E-state index is 13.3. The Bertz CT molecular complexity index is 1250. The van der Waals surface area contributed by atoms with Gasteiger partial charge in [0.25, 0.3) is 11.7 Å². The fourth-order valence-electron chi connectivity index (χ4n) is 3.97. The number of rotatable bonds is 4. The Labute approximate surface area is 191 Å². The highest BCUT2D eigenvalue weighted by Gasteiger charge is 2.47. The number of carbonyl (C=O) groups is 2. The Hall–Kier alpha value is -3.57. The van der Waals surface area contributed by atoms with Gasteiger partial charge in [0.05, 0.1) is 18.7 Å². The van der Waals surface area contributed by atoms with Crippen LogP contribution in [0.5, 0.6) is 5.75 Å². The van der Waals surface area contributed by atoms with E-state index in [4.69, 9.17) is 16.3 Å². The summed E-state index contributed by atoms with van der Waals surface area (Å²) < 4.78 is 5.25. The number of aliphatic hydroxyl groups is 1. The number of aliphatic hydroxyl groups excluding tert-OH is 1. The molecular weight excluding hydrogens is 426 g/mol. The number of amides is 1. The Morgan fingerprint density at radius 3 is 2.34 bits per heavy atom. The quantitative estimate of drug-likeness (QED) is 0.321. The average Bonchev–Trinajstić information content (AvgIpc) is 3.06. The topological polar surface area (TPSA) is 66.8 Å². The Morgan fingerprint density at radius 1 is 1.00 bits per heavy atom. The van der Waals surface area contributed by atoms with E-state index in [0.717, 1.165) is 11.1 Å². The lowest BCUT2D eigenvalue weighted by Crippen LogP contribution is -2.30. The van der Waals surface area contributed by atoms with Gasteiger partial charge in [0, 0.05) is 16.3 Å². The number of ether oxygens (including phenoxy) is 1. The first-order chi connectivity index (χ1) is 15.3. The number of methoxy groups -OCH3 is 1. The molecule has 6 heteroatoms. The van der Waals surface area contributed by atoms with E-state index < -0.39 is 17.7 Å². The van der Waals surface area contributed by atoms with Gasteiger partial charge >= 0.3 is 0 Å². The highest BCUT2D eigenvalue weighted by atomic mass is 35.5. The summed E-state index contributed by atoms with van der Waals surface area (Å²) in [5.74, 6) is -1.06. The van der Waals surface area contributed by atoms with Crippen LogP contribution in [0.3, 0.4) is 0 Å². The Kier molecular flexibility index (Phi) is 5.76. The summed E-state index contributed by atoms with van der Waals surface area (Å²) in [6.45, 7) is 3.86. The molecule has 0 spiro atoms. The van der Waals surface area contributed by atoms with Crippen molar-refractivity contribution in [2.24, 2.45) is 0 Å². The van der Waals surface area contributed by atoms with Gasteiger partial charge in [-0.2, -0.15) is 0 Å². The van der Waals surface area contributed by atoms with Crippen molar-refractivity contribution >= 4 is 34.7 Å². The molecule has 0 radical (unpaired) electrons. The summed E-state index contributed by atoms with van der Waals surface area (Å²) in [7, 11) is 1.57. The molecule has 1 heterocycles. The molecule has 1 saturated heterocycles. The molecule has 0 bridgehead atoms. The van der Waals surface area contributed by atoms with E-state index in [9.17, 15) is 14.7 Å². The number of Topliss-reactive ketones (excluding diaryl/α,β-unsaturated/α-hetero) is 1. The molecular formula is C26H22ClNO4. The number of benzene rings is 3. The van der Waals surface area contributed by atoms with Gasteiger partial charge in [-0.1, -0.05) is 48.0 Å². The first-order valence-electron chi connectivity index (χ1n) is 10.1. The summed E-state index contributed by atoms with van der Waals surface area (Å²) in [5, 5.41) is 11.6. The smallest absolute Gasteiger partial charge is 0.300 e.